The molecule has 10 heteroatoms. The van der Waals surface area contributed by atoms with Gasteiger partial charge in [0.2, 0.25) is 0 Å². The van der Waals surface area contributed by atoms with Crippen molar-refractivity contribution < 1.29 is 9.59 Å². The largest absolute Gasteiger partial charge is 0.325 e. The number of amides is 3. The van der Waals surface area contributed by atoms with Crippen LogP contribution in [0.5, 0.6) is 0 Å². The van der Waals surface area contributed by atoms with E-state index in [2.05, 4.69) is 25.9 Å². The van der Waals surface area contributed by atoms with Gasteiger partial charge in [-0.2, -0.15) is 0 Å². The van der Waals surface area contributed by atoms with E-state index in [1.807, 2.05) is 0 Å². The van der Waals surface area contributed by atoms with E-state index in [1.165, 1.54) is 11.6 Å². The molecule has 0 bridgehead atoms. The third-order valence-corrected chi connectivity index (χ3v) is 4.24. The second-order valence-electron chi connectivity index (χ2n) is 4.95. The molecule has 0 saturated carbocycles. The van der Waals surface area contributed by atoms with E-state index >= 15 is 0 Å². The topological polar surface area (TPSA) is 96.0 Å². The molecule has 3 amide bonds. The van der Waals surface area contributed by atoms with E-state index in [-0.39, 0.29) is 10.8 Å². The van der Waals surface area contributed by atoms with Crippen LogP contribution in [0.1, 0.15) is 10.5 Å². The van der Waals surface area contributed by atoms with Gasteiger partial charge in [-0.1, -0.05) is 29.3 Å². The van der Waals surface area contributed by atoms with Gasteiger partial charge < -0.3 is 10.6 Å². The summed E-state index contributed by atoms with van der Waals surface area (Å²) >= 11 is 12.7. The van der Waals surface area contributed by atoms with Crippen molar-refractivity contribution in [2.75, 3.05) is 16.0 Å². The number of urea groups is 1. The Morgan fingerprint density at radius 2 is 1.85 bits per heavy atom. The molecular formula is C16H11Cl2N5O2S. The van der Waals surface area contributed by atoms with Crippen molar-refractivity contribution in [3.8, 4) is 0 Å². The molecule has 3 N–H and O–H groups in total. The second-order valence-corrected chi connectivity index (χ2v) is 6.63. The fourth-order valence-electron chi connectivity index (χ4n) is 1.91. The van der Waals surface area contributed by atoms with E-state index in [9.17, 15) is 9.59 Å². The SMILES string of the molecule is O=C(Nc1cccc(Cl)c1)Nc1nc(C(=O)Nc2ccc(Cl)nc2)cs1. The third-order valence-electron chi connectivity index (χ3n) is 3.03. The Morgan fingerprint density at radius 3 is 2.58 bits per heavy atom. The minimum Gasteiger partial charge on any atom is -0.319 e. The Labute approximate surface area is 162 Å². The van der Waals surface area contributed by atoms with Gasteiger partial charge in [0, 0.05) is 16.1 Å². The third kappa shape index (κ3) is 4.92. The number of nitrogens with one attached hydrogen (secondary N) is 3. The molecule has 0 saturated heterocycles. The molecule has 7 nitrogen and oxygen atoms in total. The van der Waals surface area contributed by atoms with Crippen LogP contribution in [-0.2, 0) is 0 Å². The van der Waals surface area contributed by atoms with Crippen molar-refractivity contribution in [3.05, 3.63) is 63.8 Å². The van der Waals surface area contributed by atoms with Crippen molar-refractivity contribution in [2.45, 2.75) is 0 Å². The van der Waals surface area contributed by atoms with Gasteiger partial charge in [0.05, 0.1) is 11.9 Å². The summed E-state index contributed by atoms with van der Waals surface area (Å²) in [4.78, 5) is 32.1. The molecule has 1 aromatic carbocycles. The lowest BCUT2D eigenvalue weighted by Gasteiger charge is -2.05. The highest BCUT2D eigenvalue weighted by Crippen LogP contribution is 2.19. The highest BCUT2D eigenvalue weighted by molar-refractivity contribution is 7.14. The highest BCUT2D eigenvalue weighted by atomic mass is 35.5. The molecule has 0 unspecified atom stereocenters. The van der Waals surface area contributed by atoms with Gasteiger partial charge in [-0.05, 0) is 30.3 Å². The van der Waals surface area contributed by atoms with E-state index < -0.39 is 11.9 Å². The summed E-state index contributed by atoms with van der Waals surface area (Å²) in [6.45, 7) is 0. The summed E-state index contributed by atoms with van der Waals surface area (Å²) in [5, 5.41) is 10.5. The first kappa shape index (κ1) is 18.1. The molecule has 0 atom stereocenters. The number of hydrogen-bond donors (Lipinski definition) is 3. The first-order chi connectivity index (χ1) is 12.5. The molecule has 0 spiro atoms. The van der Waals surface area contributed by atoms with Crippen molar-refractivity contribution in [1.29, 1.82) is 0 Å². The lowest BCUT2D eigenvalue weighted by molar-refractivity contribution is 0.102. The summed E-state index contributed by atoms with van der Waals surface area (Å²) < 4.78 is 0. The van der Waals surface area contributed by atoms with Gasteiger partial charge >= 0.3 is 6.03 Å². The maximum atomic E-state index is 12.2. The van der Waals surface area contributed by atoms with Crippen molar-refractivity contribution in [1.82, 2.24) is 9.97 Å². The normalized spacial score (nSPS) is 10.2. The number of anilines is 3. The van der Waals surface area contributed by atoms with E-state index in [0.29, 0.717) is 21.6 Å². The van der Waals surface area contributed by atoms with Crippen LogP contribution in [0.15, 0.2) is 48.0 Å². The maximum Gasteiger partial charge on any atom is 0.325 e. The van der Waals surface area contributed by atoms with Gasteiger partial charge in [0.25, 0.3) is 5.91 Å². The van der Waals surface area contributed by atoms with Gasteiger partial charge in [-0.3, -0.25) is 10.1 Å². The summed E-state index contributed by atoms with van der Waals surface area (Å²) in [6.07, 6.45) is 1.43. The number of hydrogen-bond acceptors (Lipinski definition) is 5. The van der Waals surface area contributed by atoms with Crippen molar-refractivity contribution in [2.24, 2.45) is 0 Å². The molecular weight excluding hydrogens is 397 g/mol. The van der Waals surface area contributed by atoms with Crippen LogP contribution in [-0.4, -0.2) is 21.9 Å². The minimum atomic E-state index is -0.490. The lowest BCUT2D eigenvalue weighted by Crippen LogP contribution is -2.19. The number of thiazole rings is 1. The van der Waals surface area contributed by atoms with E-state index in [1.54, 1.807) is 36.4 Å². The smallest absolute Gasteiger partial charge is 0.319 e. The van der Waals surface area contributed by atoms with Gasteiger partial charge in [-0.15, -0.1) is 11.3 Å². The second kappa shape index (κ2) is 8.13. The molecule has 2 heterocycles. The first-order valence-electron chi connectivity index (χ1n) is 7.21. The number of pyridine rings is 1. The zero-order valence-corrected chi connectivity index (χ0v) is 15.3. The first-order valence-corrected chi connectivity index (χ1v) is 8.85. The molecule has 0 fully saturated rings. The summed E-state index contributed by atoms with van der Waals surface area (Å²) in [5.41, 5.74) is 1.20. The van der Waals surface area contributed by atoms with Gasteiger partial charge in [-0.25, -0.2) is 14.8 Å². The summed E-state index contributed by atoms with van der Waals surface area (Å²) in [5.74, 6) is -0.423. The van der Waals surface area contributed by atoms with Crippen molar-refractivity contribution in [3.63, 3.8) is 0 Å². The standard InChI is InChI=1S/C16H11Cl2N5O2S/c17-9-2-1-3-10(6-9)21-15(25)23-16-22-12(8-26-16)14(24)20-11-4-5-13(18)19-7-11/h1-8H,(H,20,24)(H2,21,22,23,25). The molecule has 132 valence electrons. The van der Waals surface area contributed by atoms with Crippen LogP contribution in [0.2, 0.25) is 10.2 Å². The highest BCUT2D eigenvalue weighted by Gasteiger charge is 2.13. The van der Waals surface area contributed by atoms with Crippen LogP contribution < -0.4 is 16.0 Å². The average Bonchev–Trinajstić information content (AvgIpc) is 3.05. The summed E-state index contributed by atoms with van der Waals surface area (Å²) in [6, 6.07) is 9.43. The maximum absolute atomic E-state index is 12.2. The Kier molecular flexibility index (Phi) is 5.67. The predicted octanol–water partition coefficient (Wildman–Crippen LogP) is 4.74. The fourth-order valence-corrected chi connectivity index (χ4v) is 2.89. The molecule has 0 aliphatic heterocycles. The molecule has 0 radical (unpaired) electrons. The molecule has 3 aromatic rings. The zero-order chi connectivity index (χ0) is 18.5. The molecule has 3 rings (SSSR count). The molecule has 2 aromatic heterocycles. The Morgan fingerprint density at radius 1 is 1.00 bits per heavy atom. The van der Waals surface area contributed by atoms with Crippen LogP contribution in [0.25, 0.3) is 0 Å². The summed E-state index contributed by atoms with van der Waals surface area (Å²) in [7, 11) is 0. The number of nitrogens with zero attached hydrogens (tertiary/aromatic N) is 2. The fraction of sp³-hybridized carbons (Fsp3) is 0. The average molecular weight is 408 g/mol. The van der Waals surface area contributed by atoms with Gasteiger partial charge in [0.15, 0.2) is 5.13 Å². The zero-order valence-electron chi connectivity index (χ0n) is 13.0. The van der Waals surface area contributed by atoms with Crippen molar-refractivity contribution >= 4 is 63.0 Å². The number of aromatic nitrogens is 2. The number of rotatable bonds is 4. The predicted molar refractivity (Wildman–Crippen MR) is 103 cm³/mol. The Balaban J connectivity index is 1.59. The van der Waals surface area contributed by atoms with Crippen LogP contribution in [0.3, 0.4) is 0 Å². The van der Waals surface area contributed by atoms with Crippen LogP contribution in [0.4, 0.5) is 21.3 Å². The molecule has 0 aliphatic rings. The monoisotopic (exact) mass is 407 g/mol. The van der Waals surface area contributed by atoms with Crippen LogP contribution >= 0.6 is 34.5 Å². The van der Waals surface area contributed by atoms with Crippen LogP contribution in [0, 0.1) is 0 Å². The quantitative estimate of drug-likeness (QED) is 0.544. The molecule has 0 aliphatic carbocycles. The Bertz CT molecular complexity index is 946. The lowest BCUT2D eigenvalue weighted by atomic mass is 10.3. The number of benzene rings is 1. The van der Waals surface area contributed by atoms with Gasteiger partial charge in [0.1, 0.15) is 10.8 Å². The minimum absolute atomic E-state index is 0.169. The van der Waals surface area contributed by atoms with E-state index in [4.69, 9.17) is 23.2 Å². The number of halogens is 2. The number of carbonyl (C=O) groups is 2. The number of carbonyl (C=O) groups excluding carboxylic acids is 2. The Hall–Kier alpha value is -2.68. The molecule has 26 heavy (non-hydrogen) atoms. The van der Waals surface area contributed by atoms with E-state index in [0.717, 1.165) is 11.3 Å².